The van der Waals surface area contributed by atoms with E-state index in [2.05, 4.69) is 0 Å². The van der Waals surface area contributed by atoms with Crippen LogP contribution in [0.2, 0.25) is 0 Å². The molecule has 1 aromatic rings. The van der Waals surface area contributed by atoms with Gasteiger partial charge >= 0.3 is 5.97 Å². The maximum atomic E-state index is 12.7. The van der Waals surface area contributed by atoms with Crippen LogP contribution in [0, 0.1) is 0 Å². The van der Waals surface area contributed by atoms with Crippen molar-refractivity contribution in [2.75, 3.05) is 39.1 Å². The van der Waals surface area contributed by atoms with Gasteiger partial charge in [0, 0.05) is 13.1 Å². The molecule has 21 heavy (non-hydrogen) atoms. The second-order valence-electron chi connectivity index (χ2n) is 4.80. The third-order valence-corrected chi connectivity index (χ3v) is 4.46. The number of thiophene rings is 1. The van der Waals surface area contributed by atoms with Gasteiger partial charge in [-0.25, -0.2) is 4.79 Å². The number of anilines is 1. The summed E-state index contributed by atoms with van der Waals surface area (Å²) < 4.78 is 10.0. The fourth-order valence-electron chi connectivity index (χ4n) is 2.39. The number of methoxy groups -OCH3 is 1. The van der Waals surface area contributed by atoms with Gasteiger partial charge in [0.25, 0.3) is 5.91 Å². The molecule has 1 saturated heterocycles. The molecule has 0 spiro atoms. The molecular weight excluding hydrogens is 292 g/mol. The first-order valence-electron chi connectivity index (χ1n) is 6.96. The summed E-state index contributed by atoms with van der Waals surface area (Å²) in [7, 11) is 1.33. The van der Waals surface area contributed by atoms with E-state index in [1.54, 1.807) is 4.90 Å². The van der Waals surface area contributed by atoms with E-state index in [9.17, 15) is 9.59 Å². The summed E-state index contributed by atoms with van der Waals surface area (Å²) in [5.41, 5.74) is 7.18. The molecule has 1 amide bonds. The molecule has 116 valence electrons. The fraction of sp³-hybridized carbons (Fsp3) is 0.571. The van der Waals surface area contributed by atoms with Crippen LogP contribution in [-0.4, -0.2) is 50.2 Å². The minimum atomic E-state index is -0.434. The maximum Gasteiger partial charge on any atom is 0.348 e. The van der Waals surface area contributed by atoms with Crippen LogP contribution in [0.4, 0.5) is 5.00 Å². The molecule has 2 heterocycles. The van der Waals surface area contributed by atoms with Crippen LogP contribution >= 0.6 is 11.3 Å². The molecule has 0 bridgehead atoms. The van der Waals surface area contributed by atoms with Crippen LogP contribution in [0.3, 0.4) is 0 Å². The molecule has 0 saturated carbocycles. The van der Waals surface area contributed by atoms with Gasteiger partial charge in [0.1, 0.15) is 4.88 Å². The average Bonchev–Trinajstić information content (AvgIpc) is 2.83. The quantitative estimate of drug-likeness (QED) is 0.853. The lowest BCUT2D eigenvalue weighted by molar-refractivity contribution is 0.0303. The monoisotopic (exact) mass is 312 g/mol. The van der Waals surface area contributed by atoms with E-state index in [1.807, 2.05) is 6.92 Å². The topological polar surface area (TPSA) is 81.9 Å². The third-order valence-electron chi connectivity index (χ3n) is 3.42. The Morgan fingerprint density at radius 1 is 1.38 bits per heavy atom. The number of rotatable bonds is 4. The van der Waals surface area contributed by atoms with Gasteiger partial charge in [-0.15, -0.1) is 11.3 Å². The molecule has 0 aromatic carbocycles. The molecule has 6 nitrogen and oxygen atoms in total. The number of carbonyl (C=O) groups excluding carboxylic acids is 2. The number of hydrogen-bond donors (Lipinski definition) is 1. The molecule has 1 aliphatic heterocycles. The summed E-state index contributed by atoms with van der Waals surface area (Å²) in [5, 5.41) is 0.385. The molecule has 1 aromatic heterocycles. The van der Waals surface area contributed by atoms with E-state index in [0.717, 1.165) is 17.8 Å². The molecule has 1 fully saturated rings. The Hall–Kier alpha value is -1.60. The summed E-state index contributed by atoms with van der Waals surface area (Å²) >= 11 is 1.13. The molecule has 0 radical (unpaired) electrons. The van der Waals surface area contributed by atoms with E-state index in [0.29, 0.717) is 53.7 Å². The molecule has 0 aliphatic carbocycles. The number of nitrogens with zero attached hydrogens (tertiary/aromatic N) is 1. The predicted molar refractivity (Wildman–Crippen MR) is 80.8 cm³/mol. The summed E-state index contributed by atoms with van der Waals surface area (Å²) in [6, 6.07) is 0. The molecule has 2 N–H and O–H groups in total. The van der Waals surface area contributed by atoms with Gasteiger partial charge in [-0.3, -0.25) is 4.79 Å². The number of nitrogen functional groups attached to an aromatic ring is 1. The zero-order valence-electron chi connectivity index (χ0n) is 12.3. The average molecular weight is 312 g/mol. The smallest absolute Gasteiger partial charge is 0.348 e. The van der Waals surface area contributed by atoms with Crippen molar-refractivity contribution in [1.29, 1.82) is 0 Å². The first-order chi connectivity index (χ1) is 10.1. The summed E-state index contributed by atoms with van der Waals surface area (Å²) in [4.78, 5) is 26.7. The van der Waals surface area contributed by atoms with Crippen molar-refractivity contribution in [2.24, 2.45) is 0 Å². The number of morpholine rings is 1. The second-order valence-corrected chi connectivity index (χ2v) is 5.85. The summed E-state index contributed by atoms with van der Waals surface area (Å²) in [6.07, 6.45) is 1.45. The van der Waals surface area contributed by atoms with Gasteiger partial charge in [-0.05, 0) is 12.0 Å². The maximum absolute atomic E-state index is 12.7. The number of esters is 1. The Balaban J connectivity index is 2.39. The van der Waals surface area contributed by atoms with Crippen molar-refractivity contribution in [2.45, 2.75) is 19.8 Å². The number of hydrogen-bond acceptors (Lipinski definition) is 6. The lowest BCUT2D eigenvalue weighted by atomic mass is 10.0. The lowest BCUT2D eigenvalue weighted by Crippen LogP contribution is -2.41. The number of amides is 1. The first-order valence-corrected chi connectivity index (χ1v) is 7.78. The zero-order chi connectivity index (χ0) is 15.4. The van der Waals surface area contributed by atoms with Crippen molar-refractivity contribution in [1.82, 2.24) is 4.90 Å². The van der Waals surface area contributed by atoms with Crippen molar-refractivity contribution in [3.05, 3.63) is 16.0 Å². The highest BCUT2D eigenvalue weighted by molar-refractivity contribution is 7.18. The van der Waals surface area contributed by atoms with Crippen LogP contribution in [0.15, 0.2) is 0 Å². The highest BCUT2D eigenvalue weighted by Gasteiger charge is 2.29. The SMILES string of the molecule is CCCc1c(C(=O)OC)sc(N)c1C(=O)N1CCOCC1. The van der Waals surface area contributed by atoms with Crippen LogP contribution in [0.25, 0.3) is 0 Å². The van der Waals surface area contributed by atoms with E-state index >= 15 is 0 Å². The lowest BCUT2D eigenvalue weighted by Gasteiger charge is -2.27. The first kappa shape index (κ1) is 15.8. The number of carbonyl (C=O) groups is 2. The van der Waals surface area contributed by atoms with Crippen molar-refractivity contribution < 1.29 is 19.1 Å². The largest absolute Gasteiger partial charge is 0.465 e. The van der Waals surface area contributed by atoms with E-state index in [4.69, 9.17) is 15.2 Å². The van der Waals surface area contributed by atoms with Gasteiger partial charge < -0.3 is 20.1 Å². The Morgan fingerprint density at radius 3 is 2.62 bits per heavy atom. The second kappa shape index (κ2) is 6.91. The minimum absolute atomic E-state index is 0.120. The minimum Gasteiger partial charge on any atom is -0.465 e. The van der Waals surface area contributed by atoms with Gasteiger partial charge in [-0.1, -0.05) is 13.3 Å². The highest BCUT2D eigenvalue weighted by atomic mass is 32.1. The van der Waals surface area contributed by atoms with Gasteiger partial charge in [0.2, 0.25) is 0 Å². The zero-order valence-corrected chi connectivity index (χ0v) is 13.1. The summed E-state index contributed by atoms with van der Waals surface area (Å²) in [6.45, 7) is 4.16. The summed E-state index contributed by atoms with van der Waals surface area (Å²) in [5.74, 6) is -0.554. The van der Waals surface area contributed by atoms with Crippen LogP contribution in [0.5, 0.6) is 0 Å². The number of ether oxygens (including phenoxy) is 2. The van der Waals surface area contributed by atoms with Gasteiger partial charge in [-0.2, -0.15) is 0 Å². The fourth-order valence-corrected chi connectivity index (χ4v) is 3.42. The third kappa shape index (κ3) is 3.19. The Kier molecular flexibility index (Phi) is 5.19. The Labute approximate surface area is 127 Å². The van der Waals surface area contributed by atoms with Crippen molar-refractivity contribution >= 4 is 28.2 Å². The number of nitrogens with two attached hydrogens (primary N) is 1. The standard InChI is InChI=1S/C14H20N2O4S/c1-3-4-9-10(12(15)21-11(9)14(18)19-2)13(17)16-5-7-20-8-6-16/h3-8,15H2,1-2H3. The van der Waals surface area contributed by atoms with E-state index in [-0.39, 0.29) is 5.91 Å². The molecule has 0 unspecified atom stereocenters. The molecule has 7 heteroatoms. The van der Waals surface area contributed by atoms with Gasteiger partial charge in [0.05, 0.1) is 30.9 Å². The molecule has 0 atom stereocenters. The van der Waals surface area contributed by atoms with E-state index in [1.165, 1.54) is 7.11 Å². The molecule has 1 aliphatic rings. The highest BCUT2D eigenvalue weighted by Crippen LogP contribution is 2.33. The van der Waals surface area contributed by atoms with Crippen molar-refractivity contribution in [3.63, 3.8) is 0 Å². The van der Waals surface area contributed by atoms with E-state index < -0.39 is 5.97 Å². The Morgan fingerprint density at radius 2 is 2.05 bits per heavy atom. The van der Waals surface area contributed by atoms with Crippen molar-refractivity contribution in [3.8, 4) is 0 Å². The molecule has 2 rings (SSSR count). The van der Waals surface area contributed by atoms with Crippen LogP contribution < -0.4 is 5.73 Å². The normalized spacial score (nSPS) is 15.0. The molecular formula is C14H20N2O4S. The van der Waals surface area contributed by atoms with Crippen LogP contribution in [0.1, 0.15) is 38.9 Å². The predicted octanol–water partition coefficient (Wildman–Crippen LogP) is 1.54. The van der Waals surface area contributed by atoms with Crippen LogP contribution in [-0.2, 0) is 15.9 Å². The Bertz CT molecular complexity index is 535. The van der Waals surface area contributed by atoms with Gasteiger partial charge in [0.15, 0.2) is 0 Å².